The Labute approximate surface area is 170 Å². The van der Waals surface area contributed by atoms with E-state index in [1.54, 1.807) is 11.8 Å². The van der Waals surface area contributed by atoms with E-state index >= 15 is 0 Å². The van der Waals surface area contributed by atoms with Gasteiger partial charge in [0.2, 0.25) is 0 Å². The second kappa shape index (κ2) is 10.2. The summed E-state index contributed by atoms with van der Waals surface area (Å²) >= 11 is 2.71. The van der Waals surface area contributed by atoms with E-state index in [4.69, 9.17) is 0 Å². The summed E-state index contributed by atoms with van der Waals surface area (Å²) in [4.78, 5) is 7.97. The van der Waals surface area contributed by atoms with Crippen LogP contribution in [0.3, 0.4) is 0 Å². The molecule has 0 radical (unpaired) electrons. The maximum absolute atomic E-state index is 12.5. The highest BCUT2D eigenvalue weighted by atomic mass is 127. The zero-order chi connectivity index (χ0) is 17.6. The average molecular weight is 510 g/mol. The van der Waals surface area contributed by atoms with Crippen LogP contribution in [0.15, 0.2) is 10.4 Å². The van der Waals surface area contributed by atoms with Crippen molar-refractivity contribution in [2.75, 3.05) is 31.1 Å². The number of alkyl halides is 3. The van der Waals surface area contributed by atoms with Crippen molar-refractivity contribution in [3.8, 4) is 0 Å². The highest BCUT2D eigenvalue weighted by Crippen LogP contribution is 2.30. The lowest BCUT2D eigenvalue weighted by Gasteiger charge is -2.19. The summed E-state index contributed by atoms with van der Waals surface area (Å²) in [6.07, 6.45) is -3.29. The third-order valence-electron chi connectivity index (χ3n) is 3.43. The van der Waals surface area contributed by atoms with Crippen LogP contribution in [0.2, 0.25) is 0 Å². The number of hydrogen-bond acceptors (Lipinski definition) is 5. The fraction of sp³-hybridized carbons (Fsp3) is 0.714. The number of aliphatic imine (C=N–C) groups is 1. The minimum absolute atomic E-state index is 0. The molecule has 0 aromatic carbocycles. The lowest BCUT2D eigenvalue weighted by atomic mass is 10.1. The number of nitrogens with one attached hydrogen (secondary N) is 2. The van der Waals surface area contributed by atoms with Gasteiger partial charge in [0.25, 0.3) is 0 Å². The summed E-state index contributed by atoms with van der Waals surface area (Å²) in [5.41, 5.74) is -1.60. The van der Waals surface area contributed by atoms with E-state index in [2.05, 4.69) is 20.6 Å². The summed E-state index contributed by atoms with van der Waals surface area (Å²) in [6, 6.07) is 0. The van der Waals surface area contributed by atoms with Crippen molar-refractivity contribution in [3.05, 3.63) is 16.1 Å². The topological polar surface area (TPSA) is 69.5 Å². The molecule has 1 unspecified atom stereocenters. The first-order valence-electron chi connectivity index (χ1n) is 7.66. The first kappa shape index (κ1) is 22.8. The fourth-order valence-corrected chi connectivity index (χ4v) is 4.22. The van der Waals surface area contributed by atoms with Crippen LogP contribution >= 0.6 is 47.1 Å². The van der Waals surface area contributed by atoms with E-state index in [9.17, 15) is 18.3 Å². The Bertz CT molecular complexity index is 563. The molecule has 144 valence electrons. The molecule has 1 aliphatic rings. The Morgan fingerprint density at radius 1 is 1.44 bits per heavy atom. The number of rotatable bonds is 6. The maximum atomic E-state index is 12.5. The average Bonchev–Trinajstić information content (AvgIpc) is 3.14. The van der Waals surface area contributed by atoms with E-state index in [0.29, 0.717) is 42.8 Å². The van der Waals surface area contributed by atoms with Gasteiger partial charge in [0.1, 0.15) is 0 Å². The SMILES string of the molecule is CCNC(=NCC1(O)CCSC1)NCCc1nc(C(F)(F)F)cs1.I. The molecule has 0 amide bonds. The number of halogens is 4. The molecular formula is C14H22F3IN4OS2. The Balaban J connectivity index is 0.00000312. The Kier molecular flexibility index (Phi) is 9.26. The van der Waals surface area contributed by atoms with Gasteiger partial charge in [-0.25, -0.2) is 4.98 Å². The highest BCUT2D eigenvalue weighted by Gasteiger charge is 2.33. The van der Waals surface area contributed by atoms with Gasteiger partial charge in [0.05, 0.1) is 17.2 Å². The minimum atomic E-state index is -4.40. The van der Waals surface area contributed by atoms with Gasteiger partial charge in [-0.15, -0.1) is 35.3 Å². The molecule has 25 heavy (non-hydrogen) atoms. The van der Waals surface area contributed by atoms with Crippen LogP contribution in [-0.4, -0.2) is 52.8 Å². The molecule has 0 spiro atoms. The maximum Gasteiger partial charge on any atom is 0.434 e. The second-order valence-electron chi connectivity index (χ2n) is 5.52. The zero-order valence-corrected chi connectivity index (χ0v) is 17.7. The van der Waals surface area contributed by atoms with Crippen LogP contribution in [0.5, 0.6) is 0 Å². The molecule has 5 nitrogen and oxygen atoms in total. The molecule has 2 rings (SSSR count). The lowest BCUT2D eigenvalue weighted by Crippen LogP contribution is -2.40. The van der Waals surface area contributed by atoms with E-state index in [0.717, 1.165) is 28.9 Å². The second-order valence-corrected chi connectivity index (χ2v) is 7.57. The molecule has 2 heterocycles. The number of guanidine groups is 1. The summed E-state index contributed by atoms with van der Waals surface area (Å²) in [7, 11) is 0. The van der Waals surface area contributed by atoms with Gasteiger partial charge in [-0.1, -0.05) is 0 Å². The number of thioether (sulfide) groups is 1. The first-order valence-corrected chi connectivity index (χ1v) is 9.70. The number of thiazole rings is 1. The van der Waals surface area contributed by atoms with Gasteiger partial charge in [-0.05, 0) is 19.1 Å². The van der Waals surface area contributed by atoms with Crippen molar-refractivity contribution in [2.45, 2.75) is 31.5 Å². The van der Waals surface area contributed by atoms with Gasteiger partial charge in [-0.2, -0.15) is 24.9 Å². The van der Waals surface area contributed by atoms with Crippen molar-refractivity contribution >= 4 is 53.0 Å². The molecular weight excluding hydrogens is 488 g/mol. The van der Waals surface area contributed by atoms with Crippen molar-refractivity contribution in [3.63, 3.8) is 0 Å². The standard InChI is InChI=1S/C14H21F3N4OS2.HI/c1-2-18-12(20-8-13(22)4-6-23-9-13)19-5-3-11-21-10(7-24-11)14(15,16)17;/h7,22H,2-6,8-9H2,1H3,(H2,18,19,20);1H. The Morgan fingerprint density at radius 2 is 2.20 bits per heavy atom. The molecule has 1 atom stereocenters. The lowest BCUT2D eigenvalue weighted by molar-refractivity contribution is -0.140. The van der Waals surface area contributed by atoms with Crippen molar-refractivity contribution in [1.82, 2.24) is 15.6 Å². The van der Waals surface area contributed by atoms with Gasteiger partial charge in [-0.3, -0.25) is 4.99 Å². The van der Waals surface area contributed by atoms with E-state index in [-0.39, 0.29) is 24.0 Å². The Hall–Kier alpha value is -0.270. The van der Waals surface area contributed by atoms with Crippen LogP contribution in [0.1, 0.15) is 24.0 Å². The third kappa shape index (κ3) is 7.47. The van der Waals surface area contributed by atoms with Gasteiger partial charge in [0.15, 0.2) is 11.7 Å². The van der Waals surface area contributed by atoms with E-state index in [1.165, 1.54) is 0 Å². The third-order valence-corrected chi connectivity index (χ3v) is 5.57. The zero-order valence-electron chi connectivity index (χ0n) is 13.7. The normalized spacial score (nSPS) is 21.1. The molecule has 0 saturated carbocycles. The van der Waals surface area contributed by atoms with Crippen LogP contribution in [0, 0.1) is 0 Å². The van der Waals surface area contributed by atoms with Gasteiger partial charge in [0, 0.05) is 30.6 Å². The number of hydrogen-bond donors (Lipinski definition) is 3. The minimum Gasteiger partial charge on any atom is -0.387 e. The molecule has 1 aliphatic heterocycles. The molecule has 0 bridgehead atoms. The van der Waals surface area contributed by atoms with Gasteiger partial charge >= 0.3 is 6.18 Å². The molecule has 1 saturated heterocycles. The van der Waals surface area contributed by atoms with E-state index in [1.807, 2.05) is 6.92 Å². The number of aliphatic hydroxyl groups is 1. The van der Waals surface area contributed by atoms with Gasteiger partial charge < -0.3 is 15.7 Å². The summed E-state index contributed by atoms with van der Waals surface area (Å²) < 4.78 is 37.5. The molecule has 3 N–H and O–H groups in total. The summed E-state index contributed by atoms with van der Waals surface area (Å²) in [5, 5.41) is 17.9. The van der Waals surface area contributed by atoms with Crippen molar-refractivity contribution in [1.29, 1.82) is 0 Å². The monoisotopic (exact) mass is 510 g/mol. The highest BCUT2D eigenvalue weighted by molar-refractivity contribution is 14.0. The fourth-order valence-electron chi connectivity index (χ4n) is 2.13. The van der Waals surface area contributed by atoms with E-state index < -0.39 is 17.5 Å². The molecule has 1 fully saturated rings. The Morgan fingerprint density at radius 3 is 2.76 bits per heavy atom. The molecule has 11 heteroatoms. The van der Waals surface area contributed by atoms with Crippen LogP contribution in [0.4, 0.5) is 13.2 Å². The molecule has 0 aliphatic carbocycles. The first-order chi connectivity index (χ1) is 11.3. The van der Waals surface area contributed by atoms with Crippen LogP contribution < -0.4 is 10.6 Å². The van der Waals surface area contributed by atoms with Crippen molar-refractivity contribution in [2.24, 2.45) is 4.99 Å². The number of aromatic nitrogens is 1. The van der Waals surface area contributed by atoms with Crippen LogP contribution in [-0.2, 0) is 12.6 Å². The number of nitrogens with zero attached hydrogens (tertiary/aromatic N) is 2. The van der Waals surface area contributed by atoms with Crippen LogP contribution in [0.25, 0.3) is 0 Å². The quantitative estimate of drug-likeness (QED) is 0.312. The molecule has 1 aromatic heterocycles. The largest absolute Gasteiger partial charge is 0.434 e. The van der Waals surface area contributed by atoms with Crippen molar-refractivity contribution < 1.29 is 18.3 Å². The predicted octanol–water partition coefficient (Wildman–Crippen LogP) is 2.75. The predicted molar refractivity (Wildman–Crippen MR) is 107 cm³/mol. The smallest absolute Gasteiger partial charge is 0.387 e. The molecule has 1 aromatic rings. The summed E-state index contributed by atoms with van der Waals surface area (Å²) in [5.74, 6) is 2.16. The summed E-state index contributed by atoms with van der Waals surface area (Å²) in [6.45, 7) is 3.32.